The minimum absolute atomic E-state index is 0.301. The third-order valence-electron chi connectivity index (χ3n) is 2.61. The van der Waals surface area contributed by atoms with E-state index in [1.165, 1.54) is 6.08 Å². The molecule has 0 fully saturated rings. The molecule has 0 unspecified atom stereocenters. The van der Waals surface area contributed by atoms with Crippen LogP contribution in [0.2, 0.25) is 0 Å². The van der Waals surface area contributed by atoms with Crippen LogP contribution < -0.4 is 5.32 Å². The average Bonchev–Trinajstić information content (AvgIpc) is 2.42. The van der Waals surface area contributed by atoms with Crippen molar-refractivity contribution >= 4 is 5.91 Å². The second-order valence-electron chi connectivity index (χ2n) is 5.17. The Hall–Kier alpha value is -1.52. The molecule has 1 N–H and O–H groups in total. The van der Waals surface area contributed by atoms with E-state index < -0.39 is 12.8 Å². The summed E-state index contributed by atoms with van der Waals surface area (Å²) in [6.45, 7) is 3.80. The van der Waals surface area contributed by atoms with Gasteiger partial charge >= 0.3 is 0 Å². The number of carbonyl (C=O) groups excluding carboxylic acids is 1. The molecule has 5 heteroatoms. The van der Waals surface area contributed by atoms with E-state index in [9.17, 15) is 18.0 Å². The van der Waals surface area contributed by atoms with Crippen molar-refractivity contribution in [1.29, 1.82) is 0 Å². The Morgan fingerprint density at radius 3 is 2.43 bits per heavy atom. The predicted octanol–water partition coefficient (Wildman–Crippen LogP) is 4.55. The molecule has 0 atom stereocenters. The Balaban J connectivity index is 4.03. The first-order chi connectivity index (χ1) is 9.95. The monoisotopic (exact) mass is 303 g/mol. The Morgan fingerprint density at radius 2 is 1.86 bits per heavy atom. The van der Waals surface area contributed by atoms with Crippen LogP contribution in [0.25, 0.3) is 0 Å². The highest BCUT2D eigenvalue weighted by molar-refractivity contribution is 5.88. The number of nitrogens with one attached hydrogen (secondary N) is 1. The predicted molar refractivity (Wildman–Crippen MR) is 79.8 cm³/mol. The molecule has 2 nitrogen and oxygen atoms in total. The first-order valence-corrected chi connectivity index (χ1v) is 7.17. The lowest BCUT2D eigenvalue weighted by molar-refractivity contribution is -0.116. The zero-order valence-corrected chi connectivity index (χ0v) is 12.7. The minimum Gasteiger partial charge on any atom is -0.352 e. The fraction of sp³-hybridized carbons (Fsp3) is 0.562. The van der Waals surface area contributed by atoms with Crippen molar-refractivity contribution in [1.82, 2.24) is 5.32 Å². The summed E-state index contributed by atoms with van der Waals surface area (Å²) in [6, 6.07) is 0. The number of amides is 1. The van der Waals surface area contributed by atoms with E-state index in [0.717, 1.165) is 12.5 Å². The number of carbonyl (C=O) groups is 1. The molecule has 0 aromatic heterocycles. The fourth-order valence-corrected chi connectivity index (χ4v) is 1.51. The number of halogens is 3. The van der Waals surface area contributed by atoms with Crippen LogP contribution in [0.15, 0.2) is 36.0 Å². The summed E-state index contributed by atoms with van der Waals surface area (Å²) in [6.07, 6.45) is 6.25. The first-order valence-electron chi connectivity index (χ1n) is 7.17. The van der Waals surface area contributed by atoms with E-state index in [2.05, 4.69) is 5.32 Å². The summed E-state index contributed by atoms with van der Waals surface area (Å²) in [5.41, 5.74) is 0.311. The highest BCUT2D eigenvalue weighted by Gasteiger charge is 2.00. The van der Waals surface area contributed by atoms with Crippen molar-refractivity contribution in [2.45, 2.75) is 39.5 Å². The van der Waals surface area contributed by atoms with E-state index in [0.29, 0.717) is 37.3 Å². The van der Waals surface area contributed by atoms with Gasteiger partial charge in [-0.3, -0.25) is 4.79 Å². The molecule has 0 aliphatic rings. The number of unbranched alkanes of at least 4 members (excludes halogenated alkanes) is 3. The van der Waals surface area contributed by atoms with Gasteiger partial charge in [0.1, 0.15) is 6.67 Å². The number of hydrogen-bond acceptors (Lipinski definition) is 1. The van der Waals surface area contributed by atoms with E-state index in [1.807, 2.05) is 13.8 Å². The zero-order chi connectivity index (χ0) is 16.1. The van der Waals surface area contributed by atoms with E-state index >= 15 is 0 Å². The molecular weight excluding hydrogens is 279 g/mol. The fourth-order valence-electron chi connectivity index (χ4n) is 1.51. The van der Waals surface area contributed by atoms with E-state index in [1.54, 1.807) is 12.2 Å². The van der Waals surface area contributed by atoms with Crippen LogP contribution in [0.1, 0.15) is 39.5 Å². The van der Waals surface area contributed by atoms with Crippen LogP contribution in [0.4, 0.5) is 13.2 Å². The Morgan fingerprint density at radius 1 is 1.19 bits per heavy atom. The zero-order valence-electron chi connectivity index (χ0n) is 12.7. The number of alkyl halides is 1. The molecule has 0 aromatic rings. The highest BCUT2D eigenvalue weighted by atomic mass is 19.3. The van der Waals surface area contributed by atoms with Gasteiger partial charge < -0.3 is 5.32 Å². The quantitative estimate of drug-likeness (QED) is 0.358. The maximum atomic E-state index is 12.7. The van der Waals surface area contributed by atoms with Gasteiger partial charge in [0.05, 0.1) is 0 Å². The lowest BCUT2D eigenvalue weighted by atomic mass is 10.1. The van der Waals surface area contributed by atoms with Gasteiger partial charge in [-0.15, -0.1) is 0 Å². The van der Waals surface area contributed by atoms with Crippen molar-refractivity contribution < 1.29 is 18.0 Å². The normalized spacial score (nSPS) is 12.0. The molecule has 21 heavy (non-hydrogen) atoms. The third kappa shape index (κ3) is 13.2. The minimum atomic E-state index is -1.65. The topological polar surface area (TPSA) is 29.1 Å². The SMILES string of the molecule is CC(C)CNC(=O)C=C(C=CCCCCC=C(F)F)CF. The number of hydrogen-bond donors (Lipinski definition) is 1. The summed E-state index contributed by atoms with van der Waals surface area (Å²) in [5.74, 6) is 0.0412. The van der Waals surface area contributed by atoms with E-state index in [4.69, 9.17) is 0 Å². The van der Waals surface area contributed by atoms with Crippen molar-refractivity contribution in [3.05, 3.63) is 36.0 Å². The third-order valence-corrected chi connectivity index (χ3v) is 2.61. The smallest absolute Gasteiger partial charge is 0.266 e. The second kappa shape index (κ2) is 12.2. The van der Waals surface area contributed by atoms with Gasteiger partial charge in [0, 0.05) is 12.6 Å². The first kappa shape index (κ1) is 19.5. The van der Waals surface area contributed by atoms with Crippen molar-refractivity contribution in [3.8, 4) is 0 Å². The molecule has 0 aliphatic carbocycles. The molecule has 0 rings (SSSR count). The Bertz CT molecular complexity index is 383. The summed E-state index contributed by atoms with van der Waals surface area (Å²) in [7, 11) is 0. The largest absolute Gasteiger partial charge is 0.352 e. The van der Waals surface area contributed by atoms with Crippen LogP contribution in [-0.2, 0) is 4.79 Å². The van der Waals surface area contributed by atoms with Crippen LogP contribution in [0, 0.1) is 5.92 Å². The molecule has 1 amide bonds. The van der Waals surface area contributed by atoms with Crippen molar-refractivity contribution in [2.75, 3.05) is 13.2 Å². The molecule has 0 heterocycles. The van der Waals surface area contributed by atoms with Crippen molar-refractivity contribution in [3.63, 3.8) is 0 Å². The molecule has 0 aromatic carbocycles. The molecular formula is C16H24F3NO. The van der Waals surface area contributed by atoms with Gasteiger partial charge in [0.15, 0.2) is 0 Å². The lowest BCUT2D eigenvalue weighted by Crippen LogP contribution is -2.25. The van der Waals surface area contributed by atoms with Gasteiger partial charge in [0.2, 0.25) is 5.91 Å². The average molecular weight is 303 g/mol. The van der Waals surface area contributed by atoms with Gasteiger partial charge in [-0.05, 0) is 43.3 Å². The highest BCUT2D eigenvalue weighted by Crippen LogP contribution is 2.07. The molecule has 0 bridgehead atoms. The maximum absolute atomic E-state index is 12.7. The van der Waals surface area contributed by atoms with E-state index in [-0.39, 0.29) is 5.91 Å². The number of rotatable bonds is 10. The van der Waals surface area contributed by atoms with Gasteiger partial charge in [0.25, 0.3) is 6.08 Å². The molecule has 0 saturated carbocycles. The van der Waals surface area contributed by atoms with Gasteiger partial charge in [-0.2, -0.15) is 8.78 Å². The molecule has 0 radical (unpaired) electrons. The standard InChI is InChI=1S/C16H24F3NO/c1-13(2)12-20-16(21)10-14(11-17)8-6-4-3-5-7-9-15(18)19/h6,8-10,13H,3-5,7,11-12H2,1-2H3,(H,20,21). The summed E-state index contributed by atoms with van der Waals surface area (Å²) >= 11 is 0. The summed E-state index contributed by atoms with van der Waals surface area (Å²) < 4.78 is 36.3. The maximum Gasteiger partial charge on any atom is 0.266 e. The molecule has 0 saturated heterocycles. The van der Waals surface area contributed by atoms with Gasteiger partial charge in [-0.1, -0.05) is 26.0 Å². The summed E-state index contributed by atoms with van der Waals surface area (Å²) in [5, 5.41) is 2.68. The molecule has 120 valence electrons. The van der Waals surface area contributed by atoms with Crippen molar-refractivity contribution in [2.24, 2.45) is 5.92 Å². The lowest BCUT2D eigenvalue weighted by Gasteiger charge is -2.05. The Labute approximate surface area is 124 Å². The number of allylic oxidation sites excluding steroid dienone is 4. The second-order valence-corrected chi connectivity index (χ2v) is 5.17. The van der Waals surface area contributed by atoms with Crippen LogP contribution in [-0.4, -0.2) is 19.1 Å². The molecule has 0 aliphatic heterocycles. The van der Waals surface area contributed by atoms with Crippen LogP contribution in [0.5, 0.6) is 0 Å². The Kier molecular flexibility index (Phi) is 11.4. The summed E-state index contributed by atoms with van der Waals surface area (Å²) in [4.78, 5) is 11.5. The van der Waals surface area contributed by atoms with Crippen LogP contribution >= 0.6 is 0 Å². The molecule has 0 spiro atoms. The van der Waals surface area contributed by atoms with Crippen LogP contribution in [0.3, 0.4) is 0 Å². The van der Waals surface area contributed by atoms with Gasteiger partial charge in [-0.25, -0.2) is 4.39 Å².